The van der Waals surface area contributed by atoms with Gasteiger partial charge in [0, 0.05) is 19.7 Å². The van der Waals surface area contributed by atoms with Crippen molar-refractivity contribution in [3.05, 3.63) is 136 Å². The number of carbonyl (C=O) groups excluding carboxylic acids is 1. The second-order valence-electron chi connectivity index (χ2n) is 11.6. The number of nitrogens with zero attached hydrogens (tertiary/aromatic N) is 1. The van der Waals surface area contributed by atoms with E-state index in [-0.39, 0.29) is 6.61 Å². The number of pyridine rings is 1. The third-order valence-corrected chi connectivity index (χ3v) is 8.24. The highest BCUT2D eigenvalue weighted by molar-refractivity contribution is 5.66. The van der Waals surface area contributed by atoms with E-state index in [1.54, 1.807) is 0 Å². The number of aryl methyl sites for hydroxylation is 4. The van der Waals surface area contributed by atoms with E-state index in [2.05, 4.69) is 12.1 Å². The summed E-state index contributed by atoms with van der Waals surface area (Å²) in [6.07, 6.45) is -4.60. The van der Waals surface area contributed by atoms with Crippen LogP contribution in [-0.2, 0) is 42.2 Å². The SMILES string of the molecule is CO[C@H]1O[C@H](COC(c2ccc(C)cc2)(c2ccc(C)cc2)c2cccc(CCc3ccccc3)n2)[C@@H](O)[C@H](O)[C@H]1OC(C)=O. The third kappa shape index (κ3) is 7.32. The summed E-state index contributed by atoms with van der Waals surface area (Å²) in [6.45, 7) is 5.14. The molecule has 0 unspecified atom stereocenters. The Balaban J connectivity index is 1.56. The molecule has 2 N–H and O–H groups in total. The van der Waals surface area contributed by atoms with Crippen molar-refractivity contribution in [2.75, 3.05) is 13.7 Å². The summed E-state index contributed by atoms with van der Waals surface area (Å²) >= 11 is 0. The zero-order valence-electron chi connectivity index (χ0n) is 26.1. The van der Waals surface area contributed by atoms with Crippen LogP contribution in [0.2, 0.25) is 0 Å². The first-order valence-electron chi connectivity index (χ1n) is 15.2. The lowest BCUT2D eigenvalue weighted by Crippen LogP contribution is -2.60. The minimum Gasteiger partial charge on any atom is -0.454 e. The summed E-state index contributed by atoms with van der Waals surface area (Å²) < 4.78 is 23.6. The van der Waals surface area contributed by atoms with Crippen LogP contribution in [0.15, 0.2) is 97.1 Å². The van der Waals surface area contributed by atoms with Crippen molar-refractivity contribution < 1.29 is 34.0 Å². The summed E-state index contributed by atoms with van der Waals surface area (Å²) in [5, 5.41) is 22.1. The number of aliphatic hydroxyl groups excluding tert-OH is 2. The average Bonchev–Trinajstić information content (AvgIpc) is 3.05. The molecule has 0 amide bonds. The molecule has 236 valence electrons. The standard InChI is InChI=1S/C37H41NO7/c1-24-13-18-28(19-14-24)37(29-20-15-25(2)16-21-29,32-12-8-11-30(38-32)22-17-27-9-6-5-7-10-27)43-23-31-33(40)34(41)35(44-26(3)39)36(42-4)45-31/h5-16,18-21,31,33-36,40-41H,17,22-23H2,1-4H3/t31-,33-,34+,35-,36+/m1/s1. The largest absolute Gasteiger partial charge is 0.454 e. The van der Waals surface area contributed by atoms with Gasteiger partial charge in [0.15, 0.2) is 18.0 Å². The second kappa shape index (κ2) is 14.5. The molecule has 45 heavy (non-hydrogen) atoms. The van der Waals surface area contributed by atoms with Crippen LogP contribution < -0.4 is 0 Å². The van der Waals surface area contributed by atoms with Crippen LogP contribution in [0.3, 0.4) is 0 Å². The molecule has 8 heteroatoms. The van der Waals surface area contributed by atoms with Crippen molar-refractivity contribution in [1.29, 1.82) is 0 Å². The van der Waals surface area contributed by atoms with E-state index in [0.29, 0.717) is 5.69 Å². The number of hydrogen-bond acceptors (Lipinski definition) is 8. The Kier molecular flexibility index (Phi) is 10.4. The van der Waals surface area contributed by atoms with E-state index in [1.807, 2.05) is 98.8 Å². The molecular formula is C37H41NO7. The molecule has 1 fully saturated rings. The van der Waals surface area contributed by atoms with E-state index < -0.39 is 42.3 Å². The van der Waals surface area contributed by atoms with Crippen LogP contribution in [0.1, 0.15) is 46.1 Å². The summed E-state index contributed by atoms with van der Waals surface area (Å²) in [4.78, 5) is 16.9. The molecule has 0 aliphatic carbocycles. The predicted molar refractivity (Wildman–Crippen MR) is 170 cm³/mol. The minimum atomic E-state index is -1.45. The molecule has 2 heterocycles. The van der Waals surface area contributed by atoms with E-state index in [4.69, 9.17) is 23.9 Å². The minimum absolute atomic E-state index is 0.136. The molecule has 0 saturated carbocycles. The van der Waals surface area contributed by atoms with Gasteiger partial charge in [-0.2, -0.15) is 0 Å². The molecule has 5 rings (SSSR count). The van der Waals surface area contributed by atoms with Gasteiger partial charge >= 0.3 is 5.97 Å². The quantitative estimate of drug-likeness (QED) is 0.233. The summed E-state index contributed by atoms with van der Waals surface area (Å²) in [5.74, 6) is -0.623. The van der Waals surface area contributed by atoms with E-state index >= 15 is 0 Å². The molecule has 4 aromatic rings. The molecule has 1 aliphatic rings. The van der Waals surface area contributed by atoms with Crippen molar-refractivity contribution >= 4 is 5.97 Å². The fraction of sp³-hybridized carbons (Fsp3) is 0.351. The monoisotopic (exact) mass is 611 g/mol. The topological polar surface area (TPSA) is 107 Å². The second-order valence-corrected chi connectivity index (χ2v) is 11.6. The van der Waals surface area contributed by atoms with E-state index in [9.17, 15) is 15.0 Å². The molecule has 0 bridgehead atoms. The molecule has 0 radical (unpaired) electrons. The lowest BCUT2D eigenvalue weighted by Gasteiger charge is -2.43. The number of ether oxygens (including phenoxy) is 4. The van der Waals surface area contributed by atoms with Crippen LogP contribution in [0.25, 0.3) is 0 Å². The lowest BCUT2D eigenvalue weighted by molar-refractivity contribution is -0.302. The lowest BCUT2D eigenvalue weighted by atomic mass is 9.81. The van der Waals surface area contributed by atoms with Gasteiger partial charge in [-0.1, -0.05) is 96.1 Å². The third-order valence-electron chi connectivity index (χ3n) is 8.24. The van der Waals surface area contributed by atoms with Gasteiger partial charge in [0.25, 0.3) is 0 Å². The van der Waals surface area contributed by atoms with Crippen molar-refractivity contribution in [3.8, 4) is 0 Å². The maximum Gasteiger partial charge on any atom is 0.303 e. The first-order valence-corrected chi connectivity index (χ1v) is 15.2. The number of rotatable bonds is 11. The van der Waals surface area contributed by atoms with Gasteiger partial charge in [-0.15, -0.1) is 0 Å². The number of methoxy groups -OCH3 is 1. The molecule has 1 aliphatic heterocycles. The summed E-state index contributed by atoms with van der Waals surface area (Å²) in [7, 11) is 1.39. The maximum absolute atomic E-state index is 11.7. The van der Waals surface area contributed by atoms with Gasteiger partial charge in [0.2, 0.25) is 0 Å². The Morgan fingerprint density at radius 2 is 1.44 bits per heavy atom. The number of esters is 1. The summed E-state index contributed by atoms with van der Waals surface area (Å²) in [6, 6.07) is 32.5. The Hall–Kier alpha value is -3.92. The van der Waals surface area contributed by atoms with Gasteiger partial charge in [-0.3, -0.25) is 9.78 Å². The fourth-order valence-corrected chi connectivity index (χ4v) is 5.77. The molecule has 0 spiro atoms. The number of aliphatic hydroxyl groups is 2. The van der Waals surface area contributed by atoms with Crippen LogP contribution in [0.5, 0.6) is 0 Å². The van der Waals surface area contributed by atoms with Crippen molar-refractivity contribution in [2.24, 2.45) is 0 Å². The Bertz CT molecular complexity index is 1490. The maximum atomic E-state index is 11.7. The highest BCUT2D eigenvalue weighted by Gasteiger charge is 2.48. The molecule has 3 aromatic carbocycles. The van der Waals surface area contributed by atoms with E-state index in [1.165, 1.54) is 19.6 Å². The number of aromatic nitrogens is 1. The van der Waals surface area contributed by atoms with Crippen LogP contribution in [0.4, 0.5) is 0 Å². The fourth-order valence-electron chi connectivity index (χ4n) is 5.77. The van der Waals surface area contributed by atoms with Gasteiger partial charge in [0.05, 0.1) is 12.3 Å². The van der Waals surface area contributed by atoms with Crippen LogP contribution >= 0.6 is 0 Å². The van der Waals surface area contributed by atoms with Crippen molar-refractivity contribution in [1.82, 2.24) is 4.98 Å². The highest BCUT2D eigenvalue weighted by Crippen LogP contribution is 2.41. The zero-order chi connectivity index (χ0) is 32.0. The molecule has 5 atom stereocenters. The molecule has 8 nitrogen and oxygen atoms in total. The Morgan fingerprint density at radius 3 is 2.02 bits per heavy atom. The van der Waals surface area contributed by atoms with Gasteiger partial charge in [-0.25, -0.2) is 0 Å². The van der Waals surface area contributed by atoms with Crippen molar-refractivity contribution in [2.45, 2.75) is 69.9 Å². The molecular weight excluding hydrogens is 570 g/mol. The van der Waals surface area contributed by atoms with Crippen molar-refractivity contribution in [3.63, 3.8) is 0 Å². The number of carbonyl (C=O) groups is 1. The van der Waals surface area contributed by atoms with Gasteiger partial charge < -0.3 is 29.2 Å². The van der Waals surface area contributed by atoms with Gasteiger partial charge in [0.1, 0.15) is 18.3 Å². The van der Waals surface area contributed by atoms with Crippen LogP contribution in [-0.4, -0.2) is 65.6 Å². The highest BCUT2D eigenvalue weighted by atomic mass is 16.7. The number of benzene rings is 3. The average molecular weight is 612 g/mol. The summed E-state index contributed by atoms with van der Waals surface area (Å²) in [5.41, 5.74) is 5.49. The molecule has 1 saturated heterocycles. The zero-order valence-corrected chi connectivity index (χ0v) is 26.1. The van der Waals surface area contributed by atoms with E-state index in [0.717, 1.165) is 40.8 Å². The number of hydrogen-bond donors (Lipinski definition) is 2. The first kappa shape index (κ1) is 32.5. The van der Waals surface area contributed by atoms with Crippen LogP contribution in [0, 0.1) is 13.8 Å². The molecule has 1 aromatic heterocycles. The smallest absolute Gasteiger partial charge is 0.303 e. The van der Waals surface area contributed by atoms with Gasteiger partial charge in [-0.05, 0) is 55.5 Å². The normalized spacial score (nSPS) is 21.8. The Morgan fingerprint density at radius 1 is 0.822 bits per heavy atom. The predicted octanol–water partition coefficient (Wildman–Crippen LogP) is 4.82. The Labute approximate surface area is 264 Å². The first-order chi connectivity index (χ1) is 21.7.